The summed E-state index contributed by atoms with van der Waals surface area (Å²) in [5.41, 5.74) is 10.0. The Labute approximate surface area is 70.4 Å². The monoisotopic (exact) mass is 180 g/mol. The summed E-state index contributed by atoms with van der Waals surface area (Å²) in [6.07, 6.45) is -5.43. The predicted molar refractivity (Wildman–Crippen MR) is 42.1 cm³/mol. The molecule has 0 unspecified atom stereocenters. The topological polar surface area (TPSA) is 133 Å². The molecule has 0 fully saturated rings. The molecule has 0 bridgehead atoms. The average Bonchev–Trinajstić information content (AvgIpc) is 2.12. The first-order valence-electron chi connectivity index (χ1n) is 3.67. The lowest BCUT2D eigenvalue weighted by Crippen LogP contribution is -2.49. The molecular formula is C6H16N2O4. The molecule has 12 heavy (non-hydrogen) atoms. The zero-order chi connectivity index (χ0) is 9.72. The van der Waals surface area contributed by atoms with Crippen molar-refractivity contribution >= 4 is 0 Å². The minimum Gasteiger partial charge on any atom is -0.389 e. The molecule has 0 aromatic heterocycles. The van der Waals surface area contributed by atoms with Gasteiger partial charge < -0.3 is 31.9 Å². The van der Waals surface area contributed by atoms with E-state index in [0.717, 1.165) is 0 Å². The quantitative estimate of drug-likeness (QED) is 0.258. The van der Waals surface area contributed by atoms with Gasteiger partial charge in [0, 0.05) is 13.1 Å². The number of hydrogen-bond donors (Lipinski definition) is 6. The Morgan fingerprint density at radius 1 is 0.750 bits per heavy atom. The van der Waals surface area contributed by atoms with Crippen LogP contribution in [0.3, 0.4) is 0 Å². The number of nitrogens with two attached hydrogens (primary N) is 2. The van der Waals surface area contributed by atoms with Crippen molar-refractivity contribution in [3.8, 4) is 0 Å². The van der Waals surface area contributed by atoms with Crippen LogP contribution in [0.1, 0.15) is 0 Å². The van der Waals surface area contributed by atoms with E-state index in [1.54, 1.807) is 0 Å². The first-order chi connectivity index (χ1) is 5.54. The maximum Gasteiger partial charge on any atom is 0.110 e. The molecule has 0 saturated carbocycles. The van der Waals surface area contributed by atoms with Crippen molar-refractivity contribution in [2.24, 2.45) is 11.5 Å². The number of aliphatic hydroxyl groups excluding tert-OH is 4. The van der Waals surface area contributed by atoms with E-state index in [0.29, 0.717) is 0 Å². The Morgan fingerprint density at radius 3 is 1.17 bits per heavy atom. The van der Waals surface area contributed by atoms with Crippen molar-refractivity contribution < 1.29 is 20.4 Å². The smallest absolute Gasteiger partial charge is 0.110 e. The second-order valence-corrected chi connectivity index (χ2v) is 2.59. The minimum absolute atomic E-state index is 0.185. The van der Waals surface area contributed by atoms with Gasteiger partial charge in [0.25, 0.3) is 0 Å². The van der Waals surface area contributed by atoms with Gasteiger partial charge in [-0.2, -0.15) is 0 Å². The number of rotatable bonds is 5. The molecule has 4 atom stereocenters. The maximum atomic E-state index is 9.09. The van der Waals surface area contributed by atoms with Gasteiger partial charge in [-0.05, 0) is 0 Å². The van der Waals surface area contributed by atoms with Gasteiger partial charge in [-0.15, -0.1) is 0 Å². The van der Waals surface area contributed by atoms with Crippen LogP contribution in [0.15, 0.2) is 0 Å². The SMILES string of the molecule is NC[C@@H](O)[C@@H](O)[C@H](O)[C@@H](O)CN. The standard InChI is InChI=1S/C6H16N2O4/c7-1-3(9)5(11)6(12)4(10)2-8/h3-6,9-12H,1-2,7-8H2/t3-,4+,5-,6-/m1/s1. The summed E-state index contributed by atoms with van der Waals surface area (Å²) in [5, 5.41) is 36.1. The third kappa shape index (κ3) is 3.02. The number of aliphatic hydroxyl groups is 4. The zero-order valence-electron chi connectivity index (χ0n) is 6.67. The van der Waals surface area contributed by atoms with Crippen LogP contribution in [0.25, 0.3) is 0 Å². The molecule has 0 aromatic carbocycles. The Morgan fingerprint density at radius 2 is 1.00 bits per heavy atom. The van der Waals surface area contributed by atoms with Crippen molar-refractivity contribution in [1.82, 2.24) is 0 Å². The molecule has 0 saturated heterocycles. The van der Waals surface area contributed by atoms with Gasteiger partial charge in [-0.3, -0.25) is 0 Å². The summed E-state index contributed by atoms with van der Waals surface area (Å²) in [7, 11) is 0. The lowest BCUT2D eigenvalue weighted by Gasteiger charge is -2.24. The first-order valence-corrected chi connectivity index (χ1v) is 3.67. The predicted octanol–water partition coefficient (Wildman–Crippen LogP) is -3.65. The Hall–Kier alpha value is -0.240. The molecule has 6 nitrogen and oxygen atoms in total. The Kier molecular flexibility index (Phi) is 5.31. The van der Waals surface area contributed by atoms with E-state index in [9.17, 15) is 0 Å². The van der Waals surface area contributed by atoms with Crippen LogP contribution in [-0.2, 0) is 0 Å². The molecule has 0 radical (unpaired) electrons. The molecule has 6 heteroatoms. The first kappa shape index (κ1) is 11.8. The lowest BCUT2D eigenvalue weighted by atomic mass is 10.0. The van der Waals surface area contributed by atoms with E-state index in [4.69, 9.17) is 31.9 Å². The van der Waals surface area contributed by atoms with Crippen LogP contribution in [0.5, 0.6) is 0 Å². The summed E-state index contributed by atoms with van der Waals surface area (Å²) in [6.45, 7) is -0.370. The highest BCUT2D eigenvalue weighted by molar-refractivity contribution is 4.81. The van der Waals surface area contributed by atoms with Gasteiger partial charge in [0.05, 0.1) is 12.2 Å². The van der Waals surface area contributed by atoms with Gasteiger partial charge in [0.2, 0.25) is 0 Å². The fourth-order valence-electron chi connectivity index (χ4n) is 0.734. The van der Waals surface area contributed by atoms with Crippen molar-refractivity contribution in [3.05, 3.63) is 0 Å². The van der Waals surface area contributed by atoms with Gasteiger partial charge >= 0.3 is 0 Å². The van der Waals surface area contributed by atoms with E-state index in [1.165, 1.54) is 0 Å². The molecular weight excluding hydrogens is 164 g/mol. The molecule has 0 aliphatic rings. The van der Waals surface area contributed by atoms with Gasteiger partial charge in [-0.1, -0.05) is 0 Å². The summed E-state index contributed by atoms with van der Waals surface area (Å²) in [4.78, 5) is 0. The molecule has 0 aromatic rings. The third-order valence-corrected chi connectivity index (χ3v) is 1.62. The van der Waals surface area contributed by atoms with Crippen LogP contribution in [-0.4, -0.2) is 57.9 Å². The fourth-order valence-corrected chi connectivity index (χ4v) is 0.734. The Bertz CT molecular complexity index is 110. The number of hydrogen-bond acceptors (Lipinski definition) is 6. The molecule has 0 amide bonds. The van der Waals surface area contributed by atoms with Crippen LogP contribution in [0, 0.1) is 0 Å². The van der Waals surface area contributed by atoms with Gasteiger partial charge in [0.15, 0.2) is 0 Å². The normalized spacial score (nSPS) is 21.5. The summed E-state index contributed by atoms with van der Waals surface area (Å²) >= 11 is 0. The molecule has 0 aliphatic carbocycles. The molecule has 0 spiro atoms. The molecule has 0 heterocycles. The van der Waals surface area contributed by atoms with Crippen LogP contribution in [0.2, 0.25) is 0 Å². The van der Waals surface area contributed by atoms with Crippen LogP contribution >= 0.6 is 0 Å². The Balaban J connectivity index is 3.99. The lowest BCUT2D eigenvalue weighted by molar-refractivity contribution is -0.0990. The highest BCUT2D eigenvalue weighted by atomic mass is 16.4. The fraction of sp³-hybridized carbons (Fsp3) is 1.00. The third-order valence-electron chi connectivity index (χ3n) is 1.62. The van der Waals surface area contributed by atoms with E-state index in [1.807, 2.05) is 0 Å². The largest absolute Gasteiger partial charge is 0.389 e. The van der Waals surface area contributed by atoms with E-state index >= 15 is 0 Å². The summed E-state index contributed by atoms with van der Waals surface area (Å²) < 4.78 is 0. The van der Waals surface area contributed by atoms with Gasteiger partial charge in [0.1, 0.15) is 12.2 Å². The van der Waals surface area contributed by atoms with Gasteiger partial charge in [-0.25, -0.2) is 0 Å². The highest BCUT2D eigenvalue weighted by Gasteiger charge is 2.28. The van der Waals surface area contributed by atoms with Crippen molar-refractivity contribution in [1.29, 1.82) is 0 Å². The van der Waals surface area contributed by atoms with Crippen LogP contribution in [0.4, 0.5) is 0 Å². The van der Waals surface area contributed by atoms with Crippen LogP contribution < -0.4 is 11.5 Å². The van der Waals surface area contributed by atoms with Crippen molar-refractivity contribution in [3.63, 3.8) is 0 Å². The molecule has 0 aliphatic heterocycles. The minimum atomic E-state index is -1.46. The van der Waals surface area contributed by atoms with Crippen molar-refractivity contribution in [2.45, 2.75) is 24.4 Å². The second-order valence-electron chi connectivity index (χ2n) is 2.59. The van der Waals surface area contributed by atoms with E-state index in [-0.39, 0.29) is 13.1 Å². The highest BCUT2D eigenvalue weighted by Crippen LogP contribution is 2.03. The zero-order valence-corrected chi connectivity index (χ0v) is 6.67. The van der Waals surface area contributed by atoms with E-state index < -0.39 is 24.4 Å². The van der Waals surface area contributed by atoms with Crippen molar-refractivity contribution in [2.75, 3.05) is 13.1 Å². The van der Waals surface area contributed by atoms with E-state index in [2.05, 4.69) is 0 Å². The molecule has 74 valence electrons. The average molecular weight is 180 g/mol. The molecule has 0 rings (SSSR count). The second kappa shape index (κ2) is 5.41. The maximum absolute atomic E-state index is 9.09. The summed E-state index contributed by atoms with van der Waals surface area (Å²) in [6, 6.07) is 0. The summed E-state index contributed by atoms with van der Waals surface area (Å²) in [5.74, 6) is 0. The molecule has 8 N–H and O–H groups in total.